The van der Waals surface area contributed by atoms with Gasteiger partial charge in [0.15, 0.2) is 15.8 Å². The lowest BCUT2D eigenvalue weighted by Gasteiger charge is -2.24. The summed E-state index contributed by atoms with van der Waals surface area (Å²) in [6.45, 7) is 8.46. The van der Waals surface area contributed by atoms with Gasteiger partial charge >= 0.3 is 0 Å². The van der Waals surface area contributed by atoms with Crippen LogP contribution in [-0.4, -0.2) is 50.4 Å². The summed E-state index contributed by atoms with van der Waals surface area (Å²) in [5.74, 6) is 0.590. The first kappa shape index (κ1) is 21.2. The van der Waals surface area contributed by atoms with Crippen LogP contribution in [0.5, 0.6) is 0 Å². The fourth-order valence-corrected chi connectivity index (χ4v) is 3.80. The maximum atomic E-state index is 12.2. The molecular formula is C19H30N4O3S. The summed E-state index contributed by atoms with van der Waals surface area (Å²) in [5, 5.41) is 9.09. The fraction of sp³-hybridized carbons (Fsp3) is 0.579. The van der Waals surface area contributed by atoms with E-state index in [1.54, 1.807) is 20.8 Å². The van der Waals surface area contributed by atoms with Gasteiger partial charge in [-0.15, -0.1) is 0 Å². The van der Waals surface area contributed by atoms with E-state index in [1.807, 2.05) is 31.2 Å². The van der Waals surface area contributed by atoms with E-state index in [0.717, 1.165) is 11.3 Å². The van der Waals surface area contributed by atoms with Gasteiger partial charge < -0.3 is 16.0 Å². The number of aliphatic imine (C=N–C) groups is 1. The Morgan fingerprint density at radius 2 is 1.96 bits per heavy atom. The minimum absolute atomic E-state index is 0.00344. The Morgan fingerprint density at radius 1 is 1.26 bits per heavy atom. The Bertz CT molecular complexity index is 797. The number of fused-ring (bicyclic) bond motifs is 1. The van der Waals surface area contributed by atoms with Gasteiger partial charge in [0.25, 0.3) is 0 Å². The van der Waals surface area contributed by atoms with E-state index in [1.165, 1.54) is 0 Å². The maximum Gasteiger partial charge on any atom is 0.225 e. The lowest BCUT2D eigenvalue weighted by Crippen LogP contribution is -2.42. The maximum absolute atomic E-state index is 12.2. The van der Waals surface area contributed by atoms with Gasteiger partial charge in [0.05, 0.1) is 17.0 Å². The molecule has 1 amide bonds. The standard InChI is InChI=1S/C19H30N4O3S/c1-5-20-18(21-10-11-27(25,26)19(2,3)4)22-13-14-12-17(24)23-16-9-7-6-8-15(14)16/h6-9,14H,5,10-13H2,1-4H3,(H,23,24)(H2,20,21,22). The molecule has 0 fully saturated rings. The predicted octanol–water partition coefficient (Wildman–Crippen LogP) is 1.88. The Hall–Kier alpha value is -2.09. The minimum Gasteiger partial charge on any atom is -0.357 e. The van der Waals surface area contributed by atoms with Crippen LogP contribution in [0.3, 0.4) is 0 Å². The molecule has 7 nitrogen and oxygen atoms in total. The molecule has 1 aromatic rings. The highest BCUT2D eigenvalue weighted by Gasteiger charge is 2.28. The molecule has 1 aromatic carbocycles. The second-order valence-corrected chi connectivity index (χ2v) is 10.5. The van der Waals surface area contributed by atoms with Gasteiger partial charge in [-0.05, 0) is 39.3 Å². The summed E-state index contributed by atoms with van der Waals surface area (Å²) in [6.07, 6.45) is 0.387. The van der Waals surface area contributed by atoms with E-state index in [0.29, 0.717) is 25.5 Å². The molecule has 1 unspecified atom stereocenters. The van der Waals surface area contributed by atoms with Crippen molar-refractivity contribution in [3.05, 3.63) is 29.8 Å². The highest BCUT2D eigenvalue weighted by atomic mass is 32.2. The number of para-hydroxylation sites is 1. The van der Waals surface area contributed by atoms with E-state index >= 15 is 0 Å². The highest BCUT2D eigenvalue weighted by molar-refractivity contribution is 7.92. The predicted molar refractivity (Wildman–Crippen MR) is 110 cm³/mol. The molecule has 1 heterocycles. The second-order valence-electron chi connectivity index (χ2n) is 7.61. The molecule has 27 heavy (non-hydrogen) atoms. The molecule has 0 saturated carbocycles. The Labute approximate surface area is 162 Å². The third-order valence-electron chi connectivity index (χ3n) is 4.52. The van der Waals surface area contributed by atoms with Gasteiger partial charge in [0.2, 0.25) is 5.91 Å². The summed E-state index contributed by atoms with van der Waals surface area (Å²) < 4.78 is 23.7. The van der Waals surface area contributed by atoms with Crippen molar-refractivity contribution in [3.8, 4) is 0 Å². The molecule has 0 bridgehead atoms. The number of rotatable bonds is 6. The number of hydrogen-bond donors (Lipinski definition) is 3. The number of hydrogen-bond acceptors (Lipinski definition) is 4. The number of carbonyl (C=O) groups is 1. The molecule has 0 aliphatic carbocycles. The van der Waals surface area contributed by atoms with Gasteiger partial charge in [0, 0.05) is 31.1 Å². The van der Waals surface area contributed by atoms with Crippen LogP contribution in [0.1, 0.15) is 45.6 Å². The van der Waals surface area contributed by atoms with E-state index in [2.05, 4.69) is 20.9 Å². The molecule has 1 aliphatic heterocycles. The van der Waals surface area contributed by atoms with Crippen molar-refractivity contribution in [1.29, 1.82) is 0 Å². The molecule has 2 rings (SSSR count). The van der Waals surface area contributed by atoms with Crippen molar-refractivity contribution >= 4 is 27.4 Å². The van der Waals surface area contributed by atoms with E-state index in [9.17, 15) is 13.2 Å². The summed E-state index contributed by atoms with van der Waals surface area (Å²) >= 11 is 0. The molecule has 0 aromatic heterocycles. The number of amides is 1. The van der Waals surface area contributed by atoms with Gasteiger partial charge in [-0.1, -0.05) is 18.2 Å². The molecule has 150 valence electrons. The zero-order valence-electron chi connectivity index (χ0n) is 16.5. The zero-order chi connectivity index (χ0) is 20.1. The van der Waals surface area contributed by atoms with Crippen molar-refractivity contribution < 1.29 is 13.2 Å². The van der Waals surface area contributed by atoms with E-state index in [-0.39, 0.29) is 24.1 Å². The summed E-state index contributed by atoms with van der Waals surface area (Å²) in [6, 6.07) is 7.75. The van der Waals surface area contributed by atoms with E-state index < -0.39 is 14.6 Å². The van der Waals surface area contributed by atoms with Crippen LogP contribution < -0.4 is 16.0 Å². The minimum atomic E-state index is -3.19. The summed E-state index contributed by atoms with van der Waals surface area (Å²) in [4.78, 5) is 16.5. The van der Waals surface area contributed by atoms with Gasteiger partial charge in [-0.25, -0.2) is 8.42 Å². The average molecular weight is 395 g/mol. The Morgan fingerprint density at radius 3 is 2.63 bits per heavy atom. The molecule has 0 radical (unpaired) electrons. The number of carbonyl (C=O) groups excluding carboxylic acids is 1. The van der Waals surface area contributed by atoms with Crippen molar-refractivity contribution in [2.24, 2.45) is 4.99 Å². The normalized spacial score (nSPS) is 17.9. The smallest absolute Gasteiger partial charge is 0.225 e. The SMILES string of the molecule is CCNC(=NCC1CC(=O)Nc2ccccc21)NCCS(=O)(=O)C(C)(C)C. The quantitative estimate of drug-likeness (QED) is 0.505. The van der Waals surface area contributed by atoms with Crippen LogP contribution >= 0.6 is 0 Å². The van der Waals surface area contributed by atoms with Crippen LogP contribution in [-0.2, 0) is 14.6 Å². The second kappa shape index (κ2) is 8.73. The summed E-state index contributed by atoms with van der Waals surface area (Å²) in [5.41, 5.74) is 1.91. The molecule has 8 heteroatoms. The third kappa shape index (κ3) is 5.69. The van der Waals surface area contributed by atoms with E-state index in [4.69, 9.17) is 0 Å². The highest BCUT2D eigenvalue weighted by Crippen LogP contribution is 2.31. The van der Waals surface area contributed by atoms with Crippen LogP contribution in [0.4, 0.5) is 5.69 Å². The lowest BCUT2D eigenvalue weighted by molar-refractivity contribution is -0.116. The Kier molecular flexibility index (Phi) is 6.86. The number of guanidine groups is 1. The first-order valence-corrected chi connectivity index (χ1v) is 10.9. The monoisotopic (exact) mass is 394 g/mol. The first-order valence-electron chi connectivity index (χ1n) is 9.27. The third-order valence-corrected chi connectivity index (χ3v) is 7.12. The molecule has 1 aliphatic rings. The molecule has 3 N–H and O–H groups in total. The van der Waals surface area contributed by atoms with Crippen LogP contribution in [0, 0.1) is 0 Å². The van der Waals surface area contributed by atoms with Gasteiger partial charge in [0.1, 0.15) is 0 Å². The van der Waals surface area contributed by atoms with Crippen LogP contribution in [0.2, 0.25) is 0 Å². The van der Waals surface area contributed by atoms with Gasteiger partial charge in [-0.3, -0.25) is 9.79 Å². The number of sulfone groups is 1. The topological polar surface area (TPSA) is 99.7 Å². The molecule has 0 saturated heterocycles. The number of nitrogens with zero attached hydrogens (tertiary/aromatic N) is 1. The van der Waals surface area contributed by atoms with Crippen molar-refractivity contribution in [1.82, 2.24) is 10.6 Å². The van der Waals surface area contributed by atoms with Crippen LogP contribution in [0.15, 0.2) is 29.3 Å². The Balaban J connectivity index is 2.03. The number of benzene rings is 1. The molecular weight excluding hydrogens is 364 g/mol. The zero-order valence-corrected chi connectivity index (χ0v) is 17.3. The number of nitrogens with one attached hydrogen (secondary N) is 3. The lowest BCUT2D eigenvalue weighted by atomic mass is 9.91. The molecule has 1 atom stereocenters. The van der Waals surface area contributed by atoms with Crippen molar-refractivity contribution in [3.63, 3.8) is 0 Å². The largest absolute Gasteiger partial charge is 0.357 e. The van der Waals surface area contributed by atoms with Gasteiger partial charge in [-0.2, -0.15) is 0 Å². The average Bonchev–Trinajstić information content (AvgIpc) is 2.58. The molecule has 0 spiro atoms. The number of anilines is 1. The summed E-state index contributed by atoms with van der Waals surface area (Å²) in [7, 11) is -3.19. The first-order chi connectivity index (χ1) is 12.6. The van der Waals surface area contributed by atoms with Crippen molar-refractivity contribution in [2.45, 2.75) is 44.8 Å². The van der Waals surface area contributed by atoms with Crippen LogP contribution in [0.25, 0.3) is 0 Å². The fourth-order valence-electron chi connectivity index (χ4n) is 2.82. The van der Waals surface area contributed by atoms with Crippen molar-refractivity contribution in [2.75, 3.05) is 30.7 Å².